The predicted octanol–water partition coefficient (Wildman–Crippen LogP) is 3.00. The van der Waals surface area contributed by atoms with E-state index in [4.69, 9.17) is 4.74 Å². The van der Waals surface area contributed by atoms with Crippen molar-refractivity contribution in [2.24, 2.45) is 0 Å². The van der Waals surface area contributed by atoms with E-state index >= 15 is 0 Å². The Labute approximate surface area is 227 Å². The highest BCUT2D eigenvalue weighted by molar-refractivity contribution is 6.08. The Morgan fingerprint density at radius 3 is 2.49 bits per heavy atom. The highest BCUT2D eigenvalue weighted by atomic mass is 16.5. The van der Waals surface area contributed by atoms with Crippen LogP contribution in [0.1, 0.15) is 41.3 Å². The monoisotopic (exact) mass is 528 g/mol. The summed E-state index contributed by atoms with van der Waals surface area (Å²) in [7, 11) is 1.68. The third-order valence-corrected chi connectivity index (χ3v) is 7.80. The first-order valence-electron chi connectivity index (χ1n) is 13.1. The van der Waals surface area contributed by atoms with Gasteiger partial charge in [-0.05, 0) is 59.7 Å². The molecule has 0 aliphatic carbocycles. The standard InChI is InChI=1S/C30H32N4O5/c1-18(29(37)32(4)23-11-14-39-15-12-23)31-28(36)19(2)34-17-26-24(6-5-7-25(26)30(34)38)21-8-9-27-22(16-21)10-13-33(27)20(3)35/h5-9,16,23H,1-2,10-15,17H2,3-4H3,(H,31,36). The van der Waals surface area contributed by atoms with E-state index in [0.29, 0.717) is 25.3 Å². The van der Waals surface area contributed by atoms with Crippen molar-refractivity contribution in [3.63, 3.8) is 0 Å². The zero-order valence-corrected chi connectivity index (χ0v) is 22.3. The van der Waals surface area contributed by atoms with Crippen molar-refractivity contribution < 1.29 is 23.9 Å². The highest BCUT2D eigenvalue weighted by Gasteiger charge is 2.34. The van der Waals surface area contributed by atoms with E-state index in [1.165, 1.54) is 4.90 Å². The van der Waals surface area contributed by atoms with Gasteiger partial charge in [0, 0.05) is 51.0 Å². The first-order valence-corrected chi connectivity index (χ1v) is 13.1. The molecular formula is C30H32N4O5. The lowest BCUT2D eigenvalue weighted by molar-refractivity contribution is -0.131. The molecule has 3 aliphatic heterocycles. The average Bonchev–Trinajstić information content (AvgIpc) is 3.53. The molecule has 0 aromatic heterocycles. The van der Waals surface area contributed by atoms with Crippen molar-refractivity contribution in [1.29, 1.82) is 0 Å². The van der Waals surface area contributed by atoms with E-state index in [0.717, 1.165) is 47.2 Å². The second kappa shape index (κ2) is 10.5. The molecule has 0 atom stereocenters. The summed E-state index contributed by atoms with van der Waals surface area (Å²) in [5, 5.41) is 2.53. The van der Waals surface area contributed by atoms with Crippen molar-refractivity contribution in [1.82, 2.24) is 15.1 Å². The summed E-state index contributed by atoms with van der Waals surface area (Å²) in [6.45, 7) is 11.2. The van der Waals surface area contributed by atoms with Crippen LogP contribution in [0.5, 0.6) is 0 Å². The van der Waals surface area contributed by atoms with Gasteiger partial charge in [-0.3, -0.25) is 24.1 Å². The van der Waals surface area contributed by atoms with Gasteiger partial charge in [0.2, 0.25) is 5.91 Å². The third kappa shape index (κ3) is 4.85. The summed E-state index contributed by atoms with van der Waals surface area (Å²) in [6.07, 6.45) is 2.21. The number of nitrogens with zero attached hydrogens (tertiary/aromatic N) is 3. The van der Waals surface area contributed by atoms with Crippen molar-refractivity contribution in [2.75, 3.05) is 31.7 Å². The van der Waals surface area contributed by atoms with E-state index in [-0.39, 0.29) is 41.7 Å². The van der Waals surface area contributed by atoms with Gasteiger partial charge in [-0.2, -0.15) is 0 Å². The van der Waals surface area contributed by atoms with Crippen LogP contribution in [0.3, 0.4) is 0 Å². The Hall–Kier alpha value is -4.24. The zero-order chi connectivity index (χ0) is 27.8. The van der Waals surface area contributed by atoms with Crippen LogP contribution < -0.4 is 10.2 Å². The van der Waals surface area contributed by atoms with Gasteiger partial charge in [0.05, 0.1) is 12.2 Å². The number of hydrogen-bond donors (Lipinski definition) is 1. The molecule has 1 fully saturated rings. The Morgan fingerprint density at radius 2 is 1.77 bits per heavy atom. The SMILES string of the molecule is C=C(NC(=O)C(=C)N1Cc2c(cccc2-c2ccc3c(c2)CCN3C(C)=O)C1=O)C(=O)N(C)C1CCOCC1. The predicted molar refractivity (Wildman–Crippen MR) is 147 cm³/mol. The van der Waals surface area contributed by atoms with Crippen LogP contribution in [-0.4, -0.2) is 66.3 Å². The number of fused-ring (bicyclic) bond motifs is 2. The summed E-state index contributed by atoms with van der Waals surface area (Å²) >= 11 is 0. The largest absolute Gasteiger partial charge is 0.381 e. The van der Waals surface area contributed by atoms with Crippen LogP contribution in [0.4, 0.5) is 5.69 Å². The van der Waals surface area contributed by atoms with E-state index in [1.54, 1.807) is 29.8 Å². The number of anilines is 1. The summed E-state index contributed by atoms with van der Waals surface area (Å²) in [6, 6.07) is 11.5. The van der Waals surface area contributed by atoms with Gasteiger partial charge < -0.3 is 19.9 Å². The molecular weight excluding hydrogens is 496 g/mol. The number of likely N-dealkylation sites (N-methyl/N-ethyl adjacent to an activating group) is 1. The molecule has 1 saturated heterocycles. The number of rotatable bonds is 6. The van der Waals surface area contributed by atoms with Gasteiger partial charge >= 0.3 is 0 Å². The normalized spacial score (nSPS) is 16.5. The molecule has 0 unspecified atom stereocenters. The van der Waals surface area contributed by atoms with Gasteiger partial charge in [-0.1, -0.05) is 31.4 Å². The fraction of sp³-hybridized carbons (Fsp3) is 0.333. The van der Waals surface area contributed by atoms with Crippen LogP contribution in [0.2, 0.25) is 0 Å². The smallest absolute Gasteiger partial charge is 0.271 e. The van der Waals surface area contributed by atoms with Gasteiger partial charge in [0.15, 0.2) is 0 Å². The summed E-state index contributed by atoms with van der Waals surface area (Å²) < 4.78 is 5.36. The lowest BCUT2D eigenvalue weighted by atomic mass is 9.95. The third-order valence-electron chi connectivity index (χ3n) is 7.80. The van der Waals surface area contributed by atoms with Gasteiger partial charge in [-0.15, -0.1) is 0 Å². The van der Waals surface area contributed by atoms with Gasteiger partial charge in [0.1, 0.15) is 5.70 Å². The molecule has 0 radical (unpaired) electrons. The molecule has 39 heavy (non-hydrogen) atoms. The molecule has 3 aliphatic rings. The van der Waals surface area contributed by atoms with Gasteiger partial charge in [-0.25, -0.2) is 0 Å². The number of benzene rings is 2. The minimum absolute atomic E-state index is 0.0137. The minimum Gasteiger partial charge on any atom is -0.381 e. The number of amides is 4. The molecule has 2 aromatic rings. The number of carbonyl (C=O) groups is 4. The molecule has 5 rings (SSSR count). The van der Waals surface area contributed by atoms with Crippen LogP contribution in [0.25, 0.3) is 11.1 Å². The molecule has 9 heteroatoms. The van der Waals surface area contributed by atoms with Crippen molar-refractivity contribution in [3.8, 4) is 11.1 Å². The Bertz CT molecular complexity index is 1410. The summed E-state index contributed by atoms with van der Waals surface area (Å²) in [5.74, 6) is -1.36. The van der Waals surface area contributed by atoms with Crippen LogP contribution in [0, 0.1) is 0 Å². The maximum absolute atomic E-state index is 13.3. The Kier molecular flexibility index (Phi) is 7.10. The van der Waals surface area contributed by atoms with Crippen molar-refractivity contribution in [2.45, 2.75) is 38.8 Å². The molecule has 202 valence electrons. The second-order valence-electron chi connectivity index (χ2n) is 10.1. The molecule has 9 nitrogen and oxygen atoms in total. The first kappa shape index (κ1) is 26.4. The van der Waals surface area contributed by atoms with Crippen LogP contribution >= 0.6 is 0 Å². The zero-order valence-electron chi connectivity index (χ0n) is 22.3. The highest BCUT2D eigenvalue weighted by Crippen LogP contribution is 2.37. The molecule has 4 amide bonds. The topological polar surface area (TPSA) is 99.3 Å². The molecule has 0 saturated carbocycles. The number of ether oxygens (including phenoxy) is 1. The average molecular weight is 529 g/mol. The van der Waals surface area contributed by atoms with Crippen LogP contribution in [-0.2, 0) is 32.1 Å². The molecule has 0 spiro atoms. The molecule has 2 aromatic carbocycles. The number of carbonyl (C=O) groups excluding carboxylic acids is 4. The maximum atomic E-state index is 13.3. The fourth-order valence-corrected chi connectivity index (χ4v) is 5.55. The van der Waals surface area contributed by atoms with Crippen molar-refractivity contribution in [3.05, 3.63) is 77.6 Å². The van der Waals surface area contributed by atoms with E-state index in [2.05, 4.69) is 24.5 Å². The van der Waals surface area contributed by atoms with E-state index in [9.17, 15) is 19.2 Å². The maximum Gasteiger partial charge on any atom is 0.271 e. The lowest BCUT2D eigenvalue weighted by Crippen LogP contribution is -2.44. The van der Waals surface area contributed by atoms with E-state index in [1.807, 2.05) is 24.3 Å². The van der Waals surface area contributed by atoms with Gasteiger partial charge in [0.25, 0.3) is 17.7 Å². The minimum atomic E-state index is -0.654. The quantitative estimate of drug-likeness (QED) is 0.582. The van der Waals surface area contributed by atoms with Crippen LogP contribution in [0.15, 0.2) is 61.0 Å². The Morgan fingerprint density at radius 1 is 1.05 bits per heavy atom. The Balaban J connectivity index is 1.30. The molecule has 3 heterocycles. The summed E-state index contributed by atoms with van der Waals surface area (Å²) in [5.41, 5.74) is 4.99. The lowest BCUT2D eigenvalue weighted by Gasteiger charge is -2.31. The molecule has 0 bridgehead atoms. The first-order chi connectivity index (χ1) is 18.7. The summed E-state index contributed by atoms with van der Waals surface area (Å²) in [4.78, 5) is 55.8. The van der Waals surface area contributed by atoms with Crippen molar-refractivity contribution >= 4 is 29.3 Å². The number of hydrogen-bond acceptors (Lipinski definition) is 5. The fourth-order valence-electron chi connectivity index (χ4n) is 5.55. The number of nitrogens with one attached hydrogen (secondary N) is 1. The van der Waals surface area contributed by atoms with E-state index < -0.39 is 5.91 Å². The molecule has 1 N–H and O–H groups in total. The second-order valence-corrected chi connectivity index (χ2v) is 10.1.